The van der Waals surface area contributed by atoms with Crippen LogP contribution >= 0.6 is 0 Å². The first kappa shape index (κ1) is 24.5. The van der Waals surface area contributed by atoms with Gasteiger partial charge in [-0.25, -0.2) is 13.2 Å². The van der Waals surface area contributed by atoms with Crippen LogP contribution in [0, 0.1) is 26.7 Å². The number of likely N-dealkylation sites (tertiary alicyclic amines) is 1. The van der Waals surface area contributed by atoms with Crippen molar-refractivity contribution >= 4 is 27.4 Å². The maximum absolute atomic E-state index is 13.4. The smallest absolute Gasteiger partial charge is 0.335 e. The molecule has 0 amide bonds. The number of aromatic carboxylic acids is 1. The van der Waals surface area contributed by atoms with Gasteiger partial charge in [0.2, 0.25) is 0 Å². The van der Waals surface area contributed by atoms with E-state index in [1.54, 1.807) is 25.1 Å². The average Bonchev–Trinajstić information content (AvgIpc) is 3.29. The lowest BCUT2D eigenvalue weighted by Gasteiger charge is -2.37. The number of anilines is 2. The van der Waals surface area contributed by atoms with Gasteiger partial charge in [-0.2, -0.15) is 0 Å². The summed E-state index contributed by atoms with van der Waals surface area (Å²) in [6.07, 6.45) is 4.71. The lowest BCUT2D eigenvalue weighted by Crippen LogP contribution is -2.40. The molecule has 0 saturated carbocycles. The summed E-state index contributed by atoms with van der Waals surface area (Å²) in [6, 6.07) is 8.29. The number of carboxylic acid groups (broad SMARTS) is 1. The van der Waals surface area contributed by atoms with Gasteiger partial charge in [-0.3, -0.25) is 4.72 Å². The molecule has 184 valence electrons. The first-order valence-electron chi connectivity index (χ1n) is 12.1. The van der Waals surface area contributed by atoms with E-state index in [0.717, 1.165) is 62.4 Å². The number of nitrogens with one attached hydrogen (secondary N) is 1. The van der Waals surface area contributed by atoms with Gasteiger partial charge in [0, 0.05) is 19.6 Å². The molecule has 2 fully saturated rings. The molecule has 2 aliphatic rings. The molecule has 0 aromatic heterocycles. The fourth-order valence-electron chi connectivity index (χ4n) is 5.21. The topological polar surface area (TPSA) is 89.9 Å². The molecule has 0 spiro atoms. The van der Waals surface area contributed by atoms with Gasteiger partial charge < -0.3 is 14.9 Å². The zero-order chi connectivity index (χ0) is 24.5. The predicted molar refractivity (Wildman–Crippen MR) is 135 cm³/mol. The number of nitrogens with zero attached hydrogens (tertiary/aromatic N) is 2. The minimum atomic E-state index is -3.90. The van der Waals surface area contributed by atoms with E-state index in [2.05, 4.69) is 14.5 Å². The van der Waals surface area contributed by atoms with Crippen LogP contribution in [0.1, 0.15) is 52.7 Å². The first-order chi connectivity index (χ1) is 16.1. The van der Waals surface area contributed by atoms with Crippen LogP contribution in [0.2, 0.25) is 0 Å². The second kappa shape index (κ2) is 9.96. The van der Waals surface area contributed by atoms with Crippen molar-refractivity contribution in [1.29, 1.82) is 0 Å². The normalized spacial score (nSPS) is 19.4. The zero-order valence-corrected chi connectivity index (χ0v) is 21.1. The third kappa shape index (κ3) is 5.39. The van der Waals surface area contributed by atoms with Crippen LogP contribution in [-0.2, 0) is 10.0 Å². The number of rotatable bonds is 7. The molecule has 2 aliphatic heterocycles. The highest BCUT2D eigenvalue weighted by molar-refractivity contribution is 7.92. The van der Waals surface area contributed by atoms with Gasteiger partial charge in [-0.05, 0) is 106 Å². The molecule has 2 aromatic rings. The van der Waals surface area contributed by atoms with Crippen LogP contribution in [0.25, 0.3) is 0 Å². The number of hydrogen-bond acceptors (Lipinski definition) is 5. The van der Waals surface area contributed by atoms with E-state index in [4.69, 9.17) is 0 Å². The third-order valence-corrected chi connectivity index (χ3v) is 8.65. The molecule has 7 nitrogen and oxygen atoms in total. The largest absolute Gasteiger partial charge is 0.478 e. The fraction of sp³-hybridized carbons (Fsp3) is 0.500. The van der Waals surface area contributed by atoms with E-state index < -0.39 is 16.0 Å². The molecule has 8 heteroatoms. The lowest BCUT2D eigenvalue weighted by molar-refractivity contribution is 0.0697. The highest BCUT2D eigenvalue weighted by Crippen LogP contribution is 2.34. The average molecular weight is 486 g/mol. The van der Waals surface area contributed by atoms with E-state index in [0.29, 0.717) is 17.2 Å². The van der Waals surface area contributed by atoms with Crippen molar-refractivity contribution in [2.75, 3.05) is 42.3 Å². The van der Waals surface area contributed by atoms with Crippen molar-refractivity contribution in [2.45, 2.75) is 51.3 Å². The number of sulfonamides is 1. The van der Waals surface area contributed by atoms with E-state index in [9.17, 15) is 18.3 Å². The van der Waals surface area contributed by atoms with Gasteiger partial charge in [-0.15, -0.1) is 0 Å². The molecule has 0 radical (unpaired) electrons. The van der Waals surface area contributed by atoms with E-state index in [1.807, 2.05) is 19.9 Å². The fourth-order valence-corrected chi connectivity index (χ4v) is 6.59. The van der Waals surface area contributed by atoms with Crippen molar-refractivity contribution in [1.82, 2.24) is 4.90 Å². The van der Waals surface area contributed by atoms with Gasteiger partial charge in [0.25, 0.3) is 10.0 Å². The monoisotopic (exact) mass is 485 g/mol. The van der Waals surface area contributed by atoms with E-state index >= 15 is 0 Å². The Morgan fingerprint density at radius 2 is 1.71 bits per heavy atom. The third-order valence-electron chi connectivity index (χ3n) is 7.14. The second-order valence-electron chi connectivity index (χ2n) is 9.81. The Morgan fingerprint density at radius 1 is 1.00 bits per heavy atom. The Kier molecular flexibility index (Phi) is 7.19. The standard InChI is InChI=1S/C26H35N3O4S/c1-18-13-20(3)25(14-19(18)2)34(32,33)27-23-15-22(26(30)31)8-9-24(23)29-12-6-7-21(17-29)16-28-10-4-5-11-28/h8-9,13-15,21,27H,4-7,10-12,16-17H2,1-3H3,(H,30,31). The predicted octanol–water partition coefficient (Wildman–Crippen LogP) is 4.42. The first-order valence-corrected chi connectivity index (χ1v) is 13.6. The van der Waals surface area contributed by atoms with Crippen molar-refractivity contribution in [3.8, 4) is 0 Å². The Hall–Kier alpha value is -2.58. The van der Waals surface area contributed by atoms with Gasteiger partial charge in [0.05, 0.1) is 21.8 Å². The minimum Gasteiger partial charge on any atom is -0.478 e. The van der Waals surface area contributed by atoms with Crippen molar-refractivity contribution in [3.63, 3.8) is 0 Å². The molecule has 34 heavy (non-hydrogen) atoms. The summed E-state index contributed by atoms with van der Waals surface area (Å²) >= 11 is 0. The molecule has 0 aliphatic carbocycles. The molecule has 1 unspecified atom stereocenters. The number of hydrogen-bond donors (Lipinski definition) is 2. The number of piperidine rings is 1. The van der Waals surface area contributed by atoms with E-state index in [1.165, 1.54) is 18.9 Å². The molecule has 2 saturated heterocycles. The van der Waals surface area contributed by atoms with Crippen LogP contribution in [0.5, 0.6) is 0 Å². The Morgan fingerprint density at radius 3 is 2.41 bits per heavy atom. The van der Waals surface area contributed by atoms with Gasteiger partial charge in [0.1, 0.15) is 0 Å². The highest BCUT2D eigenvalue weighted by atomic mass is 32.2. The van der Waals surface area contributed by atoms with Crippen molar-refractivity contribution in [2.24, 2.45) is 5.92 Å². The zero-order valence-electron chi connectivity index (χ0n) is 20.3. The molecular weight excluding hydrogens is 450 g/mol. The molecule has 4 rings (SSSR count). The summed E-state index contributed by atoms with van der Waals surface area (Å²) < 4.78 is 29.6. The highest BCUT2D eigenvalue weighted by Gasteiger charge is 2.27. The maximum atomic E-state index is 13.4. The number of carboxylic acids is 1. The van der Waals surface area contributed by atoms with Gasteiger partial charge in [0.15, 0.2) is 0 Å². The van der Waals surface area contributed by atoms with Crippen LogP contribution in [-0.4, -0.2) is 57.1 Å². The Bertz CT molecular complexity index is 1170. The summed E-state index contributed by atoms with van der Waals surface area (Å²) in [4.78, 5) is 16.6. The van der Waals surface area contributed by atoms with Gasteiger partial charge >= 0.3 is 5.97 Å². The summed E-state index contributed by atoms with van der Waals surface area (Å²) in [7, 11) is -3.90. The van der Waals surface area contributed by atoms with Crippen molar-refractivity contribution in [3.05, 3.63) is 52.6 Å². The van der Waals surface area contributed by atoms with Crippen LogP contribution in [0.3, 0.4) is 0 Å². The summed E-state index contributed by atoms with van der Waals surface area (Å²) in [5.74, 6) is -0.572. The number of aryl methyl sites for hydroxylation is 3. The second-order valence-corrected chi connectivity index (χ2v) is 11.5. The number of benzene rings is 2. The quantitative estimate of drug-likeness (QED) is 0.603. The molecule has 0 bridgehead atoms. The lowest BCUT2D eigenvalue weighted by atomic mass is 9.96. The van der Waals surface area contributed by atoms with Crippen LogP contribution in [0.15, 0.2) is 35.2 Å². The Labute approximate surface area is 202 Å². The summed E-state index contributed by atoms with van der Waals surface area (Å²) in [5.41, 5.74) is 3.70. The van der Waals surface area contributed by atoms with E-state index in [-0.39, 0.29) is 10.5 Å². The SMILES string of the molecule is Cc1cc(C)c(S(=O)(=O)Nc2cc(C(=O)O)ccc2N2CCCC(CN3CCCC3)C2)cc1C. The molecular formula is C26H35N3O4S. The minimum absolute atomic E-state index is 0.0592. The molecule has 2 N–H and O–H groups in total. The molecule has 2 heterocycles. The van der Waals surface area contributed by atoms with Gasteiger partial charge in [-0.1, -0.05) is 6.07 Å². The Balaban J connectivity index is 1.64. The molecule has 2 aromatic carbocycles. The summed E-state index contributed by atoms with van der Waals surface area (Å²) in [5, 5.41) is 9.54. The van der Waals surface area contributed by atoms with Crippen LogP contribution < -0.4 is 9.62 Å². The van der Waals surface area contributed by atoms with Crippen LogP contribution in [0.4, 0.5) is 11.4 Å². The molecule has 1 atom stereocenters. The summed E-state index contributed by atoms with van der Waals surface area (Å²) in [6.45, 7) is 10.7. The maximum Gasteiger partial charge on any atom is 0.335 e. The number of carbonyl (C=O) groups is 1. The van der Waals surface area contributed by atoms with Crippen molar-refractivity contribution < 1.29 is 18.3 Å².